The predicted molar refractivity (Wildman–Crippen MR) is 117 cm³/mol. The Balaban J connectivity index is 1.80. The minimum atomic E-state index is -0.732. The van der Waals surface area contributed by atoms with Crippen molar-refractivity contribution >= 4 is 5.91 Å². The second kappa shape index (κ2) is 7.79. The highest BCUT2D eigenvalue weighted by molar-refractivity contribution is 5.96. The van der Waals surface area contributed by atoms with Crippen LogP contribution in [0.1, 0.15) is 58.5 Å². The number of aromatic nitrogens is 2. The van der Waals surface area contributed by atoms with Gasteiger partial charge in [0.2, 0.25) is 5.43 Å². The lowest BCUT2D eigenvalue weighted by Gasteiger charge is -2.41. The predicted octanol–water partition coefficient (Wildman–Crippen LogP) is 3.56. The summed E-state index contributed by atoms with van der Waals surface area (Å²) in [6, 6.07) is 8.54. The van der Waals surface area contributed by atoms with Crippen LogP contribution >= 0.6 is 0 Å². The normalized spacial score (nSPS) is 18.0. The highest BCUT2D eigenvalue weighted by Crippen LogP contribution is 2.44. The van der Waals surface area contributed by atoms with Crippen molar-refractivity contribution in [2.45, 2.75) is 44.7 Å². The molecule has 0 saturated heterocycles. The maximum atomic E-state index is 14.1. The molecule has 8 heteroatoms. The fourth-order valence-corrected chi connectivity index (χ4v) is 5.14. The lowest BCUT2D eigenvalue weighted by atomic mass is 9.81. The van der Waals surface area contributed by atoms with Crippen LogP contribution in [0.15, 0.2) is 47.4 Å². The fraction of sp³-hybridized carbons (Fsp3) is 0.320. The van der Waals surface area contributed by atoms with Crippen LogP contribution in [0.25, 0.3) is 0 Å². The van der Waals surface area contributed by atoms with E-state index >= 15 is 0 Å². The quantitative estimate of drug-likeness (QED) is 0.647. The van der Waals surface area contributed by atoms with E-state index in [1.54, 1.807) is 17.0 Å². The molecule has 1 aliphatic carbocycles. The van der Waals surface area contributed by atoms with E-state index in [0.29, 0.717) is 12.8 Å². The first-order chi connectivity index (χ1) is 15.8. The van der Waals surface area contributed by atoms with Crippen LogP contribution in [-0.2, 0) is 12.8 Å². The zero-order chi connectivity index (χ0) is 23.4. The van der Waals surface area contributed by atoms with Crippen LogP contribution < -0.4 is 5.43 Å². The number of hydrogen-bond acceptors (Lipinski definition) is 4. The summed E-state index contributed by atoms with van der Waals surface area (Å²) < 4.78 is 29.7. The lowest BCUT2D eigenvalue weighted by molar-refractivity contribution is 0.0570. The number of nitrogens with zero attached hydrogens (tertiary/aromatic N) is 3. The largest absolute Gasteiger partial charge is 0.502 e. The molecule has 0 saturated carbocycles. The second-order valence-electron chi connectivity index (χ2n) is 8.93. The molecule has 1 N–H and O–H groups in total. The molecular formula is C25H23F2N3O3. The van der Waals surface area contributed by atoms with E-state index < -0.39 is 29.0 Å². The van der Waals surface area contributed by atoms with Crippen molar-refractivity contribution in [3.8, 4) is 5.75 Å². The zero-order valence-electron chi connectivity index (χ0n) is 18.3. The number of halogens is 2. The zero-order valence-corrected chi connectivity index (χ0v) is 18.3. The van der Waals surface area contributed by atoms with Gasteiger partial charge < -0.3 is 10.0 Å². The van der Waals surface area contributed by atoms with E-state index in [0.717, 1.165) is 28.5 Å². The van der Waals surface area contributed by atoms with Gasteiger partial charge in [0.15, 0.2) is 11.4 Å². The molecule has 0 bridgehead atoms. The number of rotatable bonds is 2. The summed E-state index contributed by atoms with van der Waals surface area (Å²) in [7, 11) is 0. The van der Waals surface area contributed by atoms with Crippen molar-refractivity contribution in [3.05, 3.63) is 92.4 Å². The van der Waals surface area contributed by atoms with Gasteiger partial charge in [-0.15, -0.1) is 0 Å². The smallest absolute Gasteiger partial charge is 0.276 e. The molecular weight excluding hydrogens is 428 g/mol. The van der Waals surface area contributed by atoms with Gasteiger partial charge in [0.1, 0.15) is 11.6 Å². The molecule has 0 radical (unpaired) electrons. The van der Waals surface area contributed by atoms with Gasteiger partial charge in [-0.1, -0.05) is 12.1 Å². The monoisotopic (exact) mass is 451 g/mol. The molecule has 0 fully saturated rings. The van der Waals surface area contributed by atoms with Gasteiger partial charge in [0.05, 0.1) is 12.2 Å². The molecule has 1 aromatic heterocycles. The molecule has 5 rings (SSSR count). The summed E-state index contributed by atoms with van der Waals surface area (Å²) >= 11 is 0. The Morgan fingerprint density at radius 3 is 2.12 bits per heavy atom. The molecule has 170 valence electrons. The molecule has 3 aromatic rings. The SMILES string of the molecule is CC(C)N1C[C@H](C2c3ccc(F)cc3CCc3cc(F)ccc32)n2ncc(=O)c(O)c2C1=O. The van der Waals surface area contributed by atoms with Crippen LogP contribution in [0.3, 0.4) is 0 Å². The average Bonchev–Trinajstić information content (AvgIpc) is 2.92. The van der Waals surface area contributed by atoms with Crippen molar-refractivity contribution in [2.75, 3.05) is 6.54 Å². The molecule has 0 unspecified atom stereocenters. The van der Waals surface area contributed by atoms with Crippen molar-refractivity contribution in [1.82, 2.24) is 14.7 Å². The van der Waals surface area contributed by atoms with Gasteiger partial charge in [0, 0.05) is 18.5 Å². The number of aromatic hydroxyl groups is 1. The van der Waals surface area contributed by atoms with Crippen molar-refractivity contribution in [3.63, 3.8) is 0 Å². The van der Waals surface area contributed by atoms with Gasteiger partial charge in [-0.3, -0.25) is 14.3 Å². The molecule has 33 heavy (non-hydrogen) atoms. The Morgan fingerprint density at radius 2 is 1.58 bits per heavy atom. The summed E-state index contributed by atoms with van der Waals surface area (Å²) in [5.41, 5.74) is 2.42. The van der Waals surface area contributed by atoms with E-state index in [-0.39, 0.29) is 29.9 Å². The molecule has 1 aliphatic heterocycles. The number of carbonyl (C=O) groups excluding carboxylic acids is 1. The standard InChI is InChI=1S/C25H23F2N3O3/c1-13(2)29-12-20(30-23(25(29)33)24(32)21(31)11-28-30)22-18-7-5-16(26)9-14(18)3-4-15-10-17(27)6-8-19(15)22/h5-11,13,20,22,32H,3-4,12H2,1-2H3/t20-/m1/s1. The van der Waals surface area contributed by atoms with Crippen LogP contribution in [0, 0.1) is 11.6 Å². The highest BCUT2D eigenvalue weighted by Gasteiger charge is 2.42. The molecule has 2 aliphatic rings. The number of fused-ring (bicyclic) bond motifs is 3. The van der Waals surface area contributed by atoms with Crippen molar-refractivity contribution in [1.29, 1.82) is 0 Å². The molecule has 2 heterocycles. The van der Waals surface area contributed by atoms with Gasteiger partial charge in [0.25, 0.3) is 5.91 Å². The molecule has 1 atom stereocenters. The van der Waals surface area contributed by atoms with Crippen LogP contribution in [0.2, 0.25) is 0 Å². The minimum Gasteiger partial charge on any atom is -0.502 e. The second-order valence-corrected chi connectivity index (χ2v) is 8.93. The summed E-state index contributed by atoms with van der Waals surface area (Å²) in [6.07, 6.45) is 2.07. The van der Waals surface area contributed by atoms with E-state index in [4.69, 9.17) is 0 Å². The van der Waals surface area contributed by atoms with Gasteiger partial charge in [-0.25, -0.2) is 8.78 Å². The number of benzene rings is 2. The van der Waals surface area contributed by atoms with E-state index in [2.05, 4.69) is 5.10 Å². The van der Waals surface area contributed by atoms with Gasteiger partial charge >= 0.3 is 0 Å². The first kappa shape index (κ1) is 21.3. The number of amides is 1. The number of carbonyl (C=O) groups is 1. The number of hydrogen-bond donors (Lipinski definition) is 1. The van der Waals surface area contributed by atoms with Crippen molar-refractivity contribution < 1.29 is 18.7 Å². The minimum absolute atomic E-state index is 0.163. The molecule has 6 nitrogen and oxygen atoms in total. The van der Waals surface area contributed by atoms with Gasteiger partial charge in [-0.05, 0) is 73.2 Å². The first-order valence-corrected chi connectivity index (χ1v) is 10.9. The van der Waals surface area contributed by atoms with Crippen LogP contribution in [-0.4, -0.2) is 38.3 Å². The Bertz CT molecular complexity index is 1280. The summed E-state index contributed by atoms with van der Waals surface area (Å²) in [5, 5.41) is 14.8. The third kappa shape index (κ3) is 3.41. The lowest BCUT2D eigenvalue weighted by Crippen LogP contribution is -2.49. The highest BCUT2D eigenvalue weighted by atomic mass is 19.1. The van der Waals surface area contributed by atoms with E-state index in [9.17, 15) is 23.5 Å². The topological polar surface area (TPSA) is 75.4 Å². The first-order valence-electron chi connectivity index (χ1n) is 10.9. The van der Waals surface area contributed by atoms with E-state index in [1.807, 2.05) is 13.8 Å². The Morgan fingerprint density at radius 1 is 1.00 bits per heavy atom. The Hall–Kier alpha value is -3.55. The Labute approximate surface area is 189 Å². The van der Waals surface area contributed by atoms with Crippen LogP contribution in [0.5, 0.6) is 5.75 Å². The fourth-order valence-electron chi connectivity index (χ4n) is 5.14. The van der Waals surface area contributed by atoms with Gasteiger partial charge in [-0.2, -0.15) is 5.10 Å². The third-order valence-electron chi connectivity index (χ3n) is 6.70. The van der Waals surface area contributed by atoms with E-state index in [1.165, 1.54) is 28.9 Å². The third-order valence-corrected chi connectivity index (χ3v) is 6.70. The van der Waals surface area contributed by atoms with Crippen molar-refractivity contribution in [2.24, 2.45) is 0 Å². The molecule has 2 aromatic carbocycles. The summed E-state index contributed by atoms with van der Waals surface area (Å²) in [6.45, 7) is 3.98. The molecule has 1 amide bonds. The maximum Gasteiger partial charge on any atom is 0.276 e. The maximum absolute atomic E-state index is 14.1. The Kier molecular flexibility index (Phi) is 5.03. The van der Waals surface area contributed by atoms with Crippen LogP contribution in [0.4, 0.5) is 8.78 Å². The number of aryl methyl sites for hydroxylation is 2. The summed E-state index contributed by atoms with van der Waals surface area (Å²) in [4.78, 5) is 26.9. The summed E-state index contributed by atoms with van der Waals surface area (Å²) in [5.74, 6) is -2.23. The average molecular weight is 451 g/mol. The molecule has 0 spiro atoms.